The van der Waals surface area contributed by atoms with Crippen molar-refractivity contribution in [2.75, 3.05) is 32.8 Å². The molecule has 0 aliphatic carbocycles. The topological polar surface area (TPSA) is 35.9 Å². The third-order valence-corrected chi connectivity index (χ3v) is 4.45. The summed E-state index contributed by atoms with van der Waals surface area (Å²) in [6.45, 7) is 14.2. The first-order chi connectivity index (χ1) is 11.5. The van der Waals surface area contributed by atoms with E-state index in [1.165, 1.54) is 5.56 Å². The van der Waals surface area contributed by atoms with E-state index in [1.54, 1.807) is 0 Å². The van der Waals surface area contributed by atoms with Gasteiger partial charge in [0.25, 0.3) is 0 Å². The van der Waals surface area contributed by atoms with E-state index in [9.17, 15) is 5.11 Å². The smallest absolute Gasteiger partial charge is 0.119 e. The van der Waals surface area contributed by atoms with Gasteiger partial charge in [-0.1, -0.05) is 26.0 Å². The first kappa shape index (κ1) is 19.2. The quantitative estimate of drug-likeness (QED) is 0.793. The third-order valence-electron chi connectivity index (χ3n) is 4.45. The van der Waals surface area contributed by atoms with Gasteiger partial charge in [0, 0.05) is 45.4 Å². The van der Waals surface area contributed by atoms with Gasteiger partial charge in [-0.3, -0.25) is 9.80 Å². The predicted molar refractivity (Wildman–Crippen MR) is 99.4 cm³/mol. The van der Waals surface area contributed by atoms with Crippen LogP contribution in [0.2, 0.25) is 0 Å². The largest absolute Gasteiger partial charge is 0.491 e. The number of nitrogens with zero attached hydrogens (tertiary/aromatic N) is 2. The second kappa shape index (κ2) is 9.40. The SMILES string of the molecule is CC(C)CN1CCN(Cc2ccc(OC(C)C)cc2)C[C@H]1CCO. The van der Waals surface area contributed by atoms with Crippen molar-refractivity contribution in [1.29, 1.82) is 0 Å². The first-order valence-corrected chi connectivity index (χ1v) is 9.30. The molecule has 1 aliphatic rings. The molecule has 1 aliphatic heterocycles. The van der Waals surface area contributed by atoms with Crippen LogP contribution in [0.4, 0.5) is 0 Å². The van der Waals surface area contributed by atoms with Crippen molar-refractivity contribution >= 4 is 0 Å². The average Bonchev–Trinajstić information content (AvgIpc) is 2.51. The lowest BCUT2D eigenvalue weighted by Gasteiger charge is -2.42. The van der Waals surface area contributed by atoms with E-state index < -0.39 is 0 Å². The van der Waals surface area contributed by atoms with Gasteiger partial charge in [0.2, 0.25) is 0 Å². The molecular weight excluding hydrogens is 300 g/mol. The number of piperazine rings is 1. The van der Waals surface area contributed by atoms with Gasteiger partial charge in [-0.05, 0) is 43.9 Å². The van der Waals surface area contributed by atoms with Crippen molar-refractivity contribution in [3.63, 3.8) is 0 Å². The summed E-state index contributed by atoms with van der Waals surface area (Å²) in [5, 5.41) is 9.39. The van der Waals surface area contributed by atoms with E-state index in [0.717, 1.165) is 44.9 Å². The van der Waals surface area contributed by atoms with Crippen LogP contribution in [0, 0.1) is 5.92 Å². The molecule has 1 fully saturated rings. The Morgan fingerprint density at radius 3 is 2.42 bits per heavy atom. The highest BCUT2D eigenvalue weighted by atomic mass is 16.5. The number of hydrogen-bond acceptors (Lipinski definition) is 4. The maximum atomic E-state index is 9.39. The van der Waals surface area contributed by atoms with Crippen molar-refractivity contribution in [2.45, 2.75) is 52.8 Å². The molecule has 0 radical (unpaired) electrons. The van der Waals surface area contributed by atoms with E-state index in [4.69, 9.17) is 4.74 Å². The van der Waals surface area contributed by atoms with Crippen molar-refractivity contribution in [2.24, 2.45) is 5.92 Å². The zero-order chi connectivity index (χ0) is 17.5. The maximum Gasteiger partial charge on any atom is 0.119 e. The van der Waals surface area contributed by atoms with Gasteiger partial charge in [-0.25, -0.2) is 0 Å². The monoisotopic (exact) mass is 334 g/mol. The molecule has 1 aromatic carbocycles. The third kappa shape index (κ3) is 6.08. The summed E-state index contributed by atoms with van der Waals surface area (Å²) in [5.74, 6) is 1.61. The lowest BCUT2D eigenvalue weighted by Crippen LogP contribution is -2.53. The molecule has 4 heteroatoms. The minimum absolute atomic E-state index is 0.212. The van der Waals surface area contributed by atoms with Crippen LogP contribution < -0.4 is 4.74 Å². The van der Waals surface area contributed by atoms with E-state index in [1.807, 2.05) is 13.8 Å². The molecule has 24 heavy (non-hydrogen) atoms. The summed E-state index contributed by atoms with van der Waals surface area (Å²) in [5.41, 5.74) is 1.33. The van der Waals surface area contributed by atoms with Crippen LogP contribution in [0.1, 0.15) is 39.7 Å². The van der Waals surface area contributed by atoms with E-state index in [-0.39, 0.29) is 12.7 Å². The molecule has 0 unspecified atom stereocenters. The molecule has 0 spiro atoms. The molecule has 0 aromatic heterocycles. The molecule has 0 amide bonds. The molecule has 1 saturated heterocycles. The zero-order valence-electron chi connectivity index (χ0n) is 15.7. The molecule has 136 valence electrons. The summed E-state index contributed by atoms with van der Waals surface area (Å²) in [6.07, 6.45) is 1.08. The van der Waals surface area contributed by atoms with Gasteiger partial charge in [0.05, 0.1) is 6.10 Å². The number of aliphatic hydroxyl groups is 1. The molecule has 0 saturated carbocycles. The minimum atomic E-state index is 0.212. The number of benzene rings is 1. The van der Waals surface area contributed by atoms with Gasteiger partial charge in [0.15, 0.2) is 0 Å². The van der Waals surface area contributed by atoms with Crippen molar-refractivity contribution in [1.82, 2.24) is 9.80 Å². The van der Waals surface area contributed by atoms with Crippen LogP contribution >= 0.6 is 0 Å². The lowest BCUT2D eigenvalue weighted by atomic mass is 10.1. The number of rotatable bonds is 8. The fourth-order valence-electron chi connectivity index (χ4n) is 3.44. The predicted octanol–water partition coefficient (Wildman–Crippen LogP) is 3.00. The highest BCUT2D eigenvalue weighted by molar-refractivity contribution is 5.27. The normalized spacial score (nSPS) is 20.0. The van der Waals surface area contributed by atoms with Crippen LogP contribution in [-0.2, 0) is 6.54 Å². The molecule has 1 heterocycles. The molecular formula is C20H34N2O2. The molecule has 4 nitrogen and oxygen atoms in total. The summed E-state index contributed by atoms with van der Waals surface area (Å²) >= 11 is 0. The Morgan fingerprint density at radius 1 is 1.12 bits per heavy atom. The van der Waals surface area contributed by atoms with Gasteiger partial charge in [-0.15, -0.1) is 0 Å². The average molecular weight is 335 g/mol. The van der Waals surface area contributed by atoms with E-state index in [0.29, 0.717) is 12.0 Å². The Labute approximate surface area is 147 Å². The zero-order valence-corrected chi connectivity index (χ0v) is 15.7. The summed E-state index contributed by atoms with van der Waals surface area (Å²) in [4.78, 5) is 5.06. The first-order valence-electron chi connectivity index (χ1n) is 9.30. The maximum absolute atomic E-state index is 9.39. The van der Waals surface area contributed by atoms with Gasteiger partial charge in [0.1, 0.15) is 5.75 Å². The Hall–Kier alpha value is -1.10. The molecule has 0 bridgehead atoms. The Balaban J connectivity index is 1.91. The van der Waals surface area contributed by atoms with Gasteiger partial charge in [-0.2, -0.15) is 0 Å². The minimum Gasteiger partial charge on any atom is -0.491 e. The fourth-order valence-corrected chi connectivity index (χ4v) is 3.44. The van der Waals surface area contributed by atoms with Gasteiger partial charge < -0.3 is 9.84 Å². The molecule has 2 rings (SSSR count). The van der Waals surface area contributed by atoms with Crippen molar-refractivity contribution < 1.29 is 9.84 Å². The van der Waals surface area contributed by atoms with Crippen LogP contribution in [0.5, 0.6) is 5.75 Å². The number of ether oxygens (including phenoxy) is 1. The van der Waals surface area contributed by atoms with Crippen LogP contribution in [0.15, 0.2) is 24.3 Å². The standard InChI is InChI=1S/C20H34N2O2/c1-16(2)13-22-11-10-21(15-19(22)9-12-23)14-18-5-7-20(8-6-18)24-17(3)4/h5-8,16-17,19,23H,9-15H2,1-4H3/t19-/m1/s1. The lowest BCUT2D eigenvalue weighted by molar-refractivity contribution is 0.0477. The molecule has 1 N–H and O–H groups in total. The highest BCUT2D eigenvalue weighted by Crippen LogP contribution is 2.19. The Bertz CT molecular complexity index is 473. The summed E-state index contributed by atoms with van der Waals surface area (Å²) in [7, 11) is 0. The van der Waals surface area contributed by atoms with Crippen LogP contribution in [0.25, 0.3) is 0 Å². The van der Waals surface area contributed by atoms with Crippen molar-refractivity contribution in [3.8, 4) is 5.75 Å². The highest BCUT2D eigenvalue weighted by Gasteiger charge is 2.26. The second-order valence-electron chi connectivity index (χ2n) is 7.60. The molecule has 1 aromatic rings. The number of hydrogen-bond donors (Lipinski definition) is 1. The van der Waals surface area contributed by atoms with Gasteiger partial charge >= 0.3 is 0 Å². The molecule has 1 atom stereocenters. The fraction of sp³-hybridized carbons (Fsp3) is 0.700. The summed E-state index contributed by atoms with van der Waals surface area (Å²) < 4.78 is 5.71. The summed E-state index contributed by atoms with van der Waals surface area (Å²) in [6, 6.07) is 8.93. The van der Waals surface area contributed by atoms with Crippen LogP contribution in [-0.4, -0.2) is 59.8 Å². The van der Waals surface area contributed by atoms with E-state index >= 15 is 0 Å². The Morgan fingerprint density at radius 2 is 1.83 bits per heavy atom. The van der Waals surface area contributed by atoms with Crippen molar-refractivity contribution in [3.05, 3.63) is 29.8 Å². The second-order valence-corrected chi connectivity index (χ2v) is 7.60. The Kier molecular flexibility index (Phi) is 7.53. The number of aliphatic hydroxyl groups excluding tert-OH is 1. The van der Waals surface area contributed by atoms with Crippen LogP contribution in [0.3, 0.4) is 0 Å². The van der Waals surface area contributed by atoms with E-state index in [2.05, 4.69) is 47.9 Å².